The smallest absolute Gasteiger partial charge is 0.253 e. The summed E-state index contributed by atoms with van der Waals surface area (Å²) >= 11 is 0. The SMILES string of the molecule is CN(C(=O)c1cccc(F)c1)C1CC2CCC(C1)N2. The van der Waals surface area contributed by atoms with Crippen LogP contribution in [0.15, 0.2) is 24.3 Å². The number of piperidine rings is 1. The van der Waals surface area contributed by atoms with Gasteiger partial charge < -0.3 is 10.2 Å². The van der Waals surface area contributed by atoms with Gasteiger partial charge in [0.15, 0.2) is 0 Å². The molecule has 0 spiro atoms. The zero-order chi connectivity index (χ0) is 13.4. The van der Waals surface area contributed by atoms with Gasteiger partial charge in [0.25, 0.3) is 5.91 Å². The quantitative estimate of drug-likeness (QED) is 0.886. The van der Waals surface area contributed by atoms with Gasteiger partial charge in [-0.3, -0.25) is 4.79 Å². The molecule has 0 radical (unpaired) electrons. The lowest BCUT2D eigenvalue weighted by Crippen LogP contribution is -2.48. The lowest BCUT2D eigenvalue weighted by Gasteiger charge is -2.35. The van der Waals surface area contributed by atoms with Crippen LogP contribution in [0.4, 0.5) is 4.39 Å². The number of carbonyl (C=O) groups excluding carboxylic acids is 1. The topological polar surface area (TPSA) is 32.3 Å². The van der Waals surface area contributed by atoms with Crippen LogP contribution in [0, 0.1) is 5.82 Å². The normalized spacial score (nSPS) is 29.3. The van der Waals surface area contributed by atoms with E-state index in [-0.39, 0.29) is 17.8 Å². The fraction of sp³-hybridized carbons (Fsp3) is 0.533. The molecule has 1 N–H and O–H groups in total. The van der Waals surface area contributed by atoms with Crippen molar-refractivity contribution in [2.24, 2.45) is 0 Å². The van der Waals surface area contributed by atoms with E-state index in [1.165, 1.54) is 25.0 Å². The van der Waals surface area contributed by atoms with E-state index in [9.17, 15) is 9.18 Å². The Morgan fingerprint density at radius 3 is 2.63 bits per heavy atom. The van der Waals surface area contributed by atoms with Crippen LogP contribution in [0.2, 0.25) is 0 Å². The zero-order valence-corrected chi connectivity index (χ0v) is 11.1. The average Bonchev–Trinajstić information content (AvgIpc) is 2.76. The highest BCUT2D eigenvalue weighted by atomic mass is 19.1. The highest BCUT2D eigenvalue weighted by Gasteiger charge is 2.36. The zero-order valence-electron chi connectivity index (χ0n) is 11.1. The highest BCUT2D eigenvalue weighted by Crippen LogP contribution is 2.29. The molecule has 2 saturated heterocycles. The highest BCUT2D eigenvalue weighted by molar-refractivity contribution is 5.94. The molecule has 2 bridgehead atoms. The van der Waals surface area contributed by atoms with Crippen molar-refractivity contribution in [2.75, 3.05) is 7.05 Å². The molecular weight excluding hydrogens is 243 g/mol. The molecule has 0 aromatic heterocycles. The molecule has 3 nitrogen and oxygen atoms in total. The summed E-state index contributed by atoms with van der Waals surface area (Å²) in [5.74, 6) is -0.435. The summed E-state index contributed by atoms with van der Waals surface area (Å²) in [6.07, 6.45) is 4.44. The number of fused-ring (bicyclic) bond motifs is 2. The van der Waals surface area contributed by atoms with Crippen molar-refractivity contribution in [3.05, 3.63) is 35.6 Å². The summed E-state index contributed by atoms with van der Waals surface area (Å²) < 4.78 is 13.2. The maximum Gasteiger partial charge on any atom is 0.253 e. The van der Waals surface area contributed by atoms with Crippen molar-refractivity contribution in [1.82, 2.24) is 10.2 Å². The van der Waals surface area contributed by atoms with E-state index in [1.807, 2.05) is 7.05 Å². The van der Waals surface area contributed by atoms with E-state index in [4.69, 9.17) is 0 Å². The van der Waals surface area contributed by atoms with E-state index >= 15 is 0 Å². The minimum atomic E-state index is -0.357. The van der Waals surface area contributed by atoms with Gasteiger partial charge in [0.1, 0.15) is 5.82 Å². The van der Waals surface area contributed by atoms with Crippen molar-refractivity contribution in [2.45, 2.75) is 43.8 Å². The van der Waals surface area contributed by atoms with Gasteiger partial charge in [0.2, 0.25) is 0 Å². The molecule has 4 heteroatoms. The molecule has 2 atom stereocenters. The number of nitrogens with one attached hydrogen (secondary N) is 1. The van der Waals surface area contributed by atoms with Gasteiger partial charge in [-0.25, -0.2) is 4.39 Å². The van der Waals surface area contributed by atoms with Crippen LogP contribution in [0.3, 0.4) is 0 Å². The van der Waals surface area contributed by atoms with Gasteiger partial charge in [-0.05, 0) is 43.9 Å². The number of rotatable bonds is 2. The van der Waals surface area contributed by atoms with E-state index < -0.39 is 0 Å². The second-order valence-corrected chi connectivity index (χ2v) is 5.69. The van der Waals surface area contributed by atoms with Gasteiger partial charge in [-0.1, -0.05) is 6.07 Å². The van der Waals surface area contributed by atoms with E-state index in [0.29, 0.717) is 17.6 Å². The fourth-order valence-electron chi connectivity index (χ4n) is 3.33. The van der Waals surface area contributed by atoms with Gasteiger partial charge in [-0.15, -0.1) is 0 Å². The number of hydrogen-bond acceptors (Lipinski definition) is 2. The summed E-state index contributed by atoms with van der Waals surface area (Å²) in [5, 5.41) is 3.56. The molecular formula is C15H19FN2O. The first-order valence-electron chi connectivity index (χ1n) is 6.92. The summed E-state index contributed by atoms with van der Waals surface area (Å²) in [6, 6.07) is 7.31. The number of halogens is 1. The van der Waals surface area contributed by atoms with Gasteiger partial charge in [0.05, 0.1) is 0 Å². The molecule has 102 valence electrons. The molecule has 2 unspecified atom stereocenters. The fourth-order valence-corrected chi connectivity index (χ4v) is 3.33. The molecule has 2 heterocycles. The Labute approximate surface area is 112 Å². The average molecular weight is 262 g/mol. The first kappa shape index (κ1) is 12.6. The third-order valence-corrected chi connectivity index (χ3v) is 4.39. The molecule has 2 fully saturated rings. The van der Waals surface area contributed by atoms with E-state index in [2.05, 4.69) is 5.32 Å². The summed E-state index contributed by atoms with van der Waals surface area (Å²) in [5.41, 5.74) is 0.438. The van der Waals surface area contributed by atoms with Crippen molar-refractivity contribution >= 4 is 5.91 Å². The van der Waals surface area contributed by atoms with Crippen LogP contribution in [0.5, 0.6) is 0 Å². The van der Waals surface area contributed by atoms with Crippen molar-refractivity contribution in [3.8, 4) is 0 Å². The van der Waals surface area contributed by atoms with Gasteiger partial charge in [0, 0.05) is 30.7 Å². The standard InChI is InChI=1S/C15H19FN2O/c1-18(14-8-12-5-6-13(9-14)17-12)15(19)10-3-2-4-11(16)7-10/h2-4,7,12-14,17H,5-6,8-9H2,1H3. The Kier molecular flexibility index (Phi) is 3.27. The van der Waals surface area contributed by atoms with Crippen LogP contribution in [-0.2, 0) is 0 Å². The first-order valence-corrected chi connectivity index (χ1v) is 6.92. The minimum Gasteiger partial charge on any atom is -0.339 e. The maximum absolute atomic E-state index is 13.2. The second-order valence-electron chi connectivity index (χ2n) is 5.69. The number of hydrogen-bond donors (Lipinski definition) is 1. The van der Waals surface area contributed by atoms with Gasteiger partial charge >= 0.3 is 0 Å². The van der Waals surface area contributed by atoms with Crippen molar-refractivity contribution in [1.29, 1.82) is 0 Å². The van der Waals surface area contributed by atoms with Crippen LogP contribution in [-0.4, -0.2) is 36.0 Å². The largest absolute Gasteiger partial charge is 0.339 e. The lowest BCUT2D eigenvalue weighted by atomic mass is 9.98. The molecule has 0 aliphatic carbocycles. The molecule has 19 heavy (non-hydrogen) atoms. The third kappa shape index (κ3) is 2.50. The third-order valence-electron chi connectivity index (χ3n) is 4.39. The maximum atomic E-state index is 13.2. The Morgan fingerprint density at radius 2 is 2.00 bits per heavy atom. The van der Waals surface area contributed by atoms with Crippen LogP contribution in [0.1, 0.15) is 36.0 Å². The molecule has 3 rings (SSSR count). The number of benzene rings is 1. The molecule has 1 aromatic carbocycles. The number of nitrogens with zero attached hydrogens (tertiary/aromatic N) is 1. The molecule has 2 aliphatic heterocycles. The first-order chi connectivity index (χ1) is 9.13. The Hall–Kier alpha value is -1.42. The van der Waals surface area contributed by atoms with E-state index in [1.54, 1.807) is 17.0 Å². The number of carbonyl (C=O) groups is 1. The van der Waals surface area contributed by atoms with Gasteiger partial charge in [-0.2, -0.15) is 0 Å². The molecule has 2 aliphatic rings. The molecule has 0 saturated carbocycles. The predicted molar refractivity (Wildman–Crippen MR) is 71.5 cm³/mol. The van der Waals surface area contributed by atoms with Crippen LogP contribution < -0.4 is 5.32 Å². The lowest BCUT2D eigenvalue weighted by molar-refractivity contribution is 0.0681. The van der Waals surface area contributed by atoms with E-state index in [0.717, 1.165) is 12.8 Å². The second kappa shape index (κ2) is 4.93. The van der Waals surface area contributed by atoms with Crippen molar-refractivity contribution < 1.29 is 9.18 Å². The van der Waals surface area contributed by atoms with Crippen LogP contribution in [0.25, 0.3) is 0 Å². The Bertz CT molecular complexity index is 479. The monoisotopic (exact) mass is 262 g/mol. The summed E-state index contributed by atoms with van der Waals surface area (Å²) in [6.45, 7) is 0. The number of amides is 1. The predicted octanol–water partition coefficient (Wildman–Crippen LogP) is 2.18. The van der Waals surface area contributed by atoms with Crippen molar-refractivity contribution in [3.63, 3.8) is 0 Å². The Balaban J connectivity index is 1.73. The minimum absolute atomic E-state index is 0.0780. The summed E-state index contributed by atoms with van der Waals surface area (Å²) in [7, 11) is 1.84. The Morgan fingerprint density at radius 1 is 1.32 bits per heavy atom. The summed E-state index contributed by atoms with van der Waals surface area (Å²) in [4.78, 5) is 14.2. The van der Waals surface area contributed by atoms with Crippen LogP contribution >= 0.6 is 0 Å². The molecule has 1 aromatic rings. The molecule has 1 amide bonds.